The van der Waals surface area contributed by atoms with Gasteiger partial charge in [-0.25, -0.2) is 0 Å². The summed E-state index contributed by atoms with van der Waals surface area (Å²) in [4.78, 5) is 0. The molecule has 0 unspecified atom stereocenters. The molecule has 1 radical (unpaired) electrons. The fourth-order valence-electron chi connectivity index (χ4n) is 2.49. The van der Waals surface area contributed by atoms with Gasteiger partial charge in [-0.2, -0.15) is 0 Å². The summed E-state index contributed by atoms with van der Waals surface area (Å²) in [7, 11) is 0. The van der Waals surface area contributed by atoms with Gasteiger partial charge in [-0.15, -0.1) is 0 Å². The lowest BCUT2D eigenvalue weighted by atomic mass is 10.0. The predicted molar refractivity (Wildman–Crippen MR) is 86.4 cm³/mol. The van der Waals surface area contributed by atoms with Gasteiger partial charge in [-0.1, -0.05) is 83.1 Å². The van der Waals surface area contributed by atoms with Crippen molar-refractivity contribution in [2.45, 2.75) is 77.6 Å². The summed E-state index contributed by atoms with van der Waals surface area (Å²) in [6.45, 7) is 6.15. The Balaban J connectivity index is 2.13. The van der Waals surface area contributed by atoms with E-state index in [1.54, 1.807) is 0 Å². The number of hydrogen-bond donors (Lipinski definition) is 0. The van der Waals surface area contributed by atoms with Gasteiger partial charge in [0.25, 0.3) is 0 Å². The molecule has 1 aromatic rings. The van der Waals surface area contributed by atoms with Crippen LogP contribution in [0.3, 0.4) is 0 Å². The summed E-state index contributed by atoms with van der Waals surface area (Å²) >= 11 is 0. The van der Waals surface area contributed by atoms with E-state index in [4.69, 9.17) is 0 Å². The van der Waals surface area contributed by atoms with Crippen molar-refractivity contribution in [1.29, 1.82) is 0 Å². The van der Waals surface area contributed by atoms with Crippen LogP contribution < -0.4 is 0 Å². The fourth-order valence-corrected chi connectivity index (χ4v) is 2.49. The van der Waals surface area contributed by atoms with Crippen LogP contribution in [0.1, 0.15) is 75.8 Å². The first kappa shape index (κ1) is 16.3. The second-order valence-electron chi connectivity index (χ2n) is 5.64. The SMILES string of the molecule is [CH2]CCCCCCCc1ccc(CCCCC)cc1. The number of hydrogen-bond acceptors (Lipinski definition) is 0. The van der Waals surface area contributed by atoms with Crippen molar-refractivity contribution in [3.63, 3.8) is 0 Å². The van der Waals surface area contributed by atoms with Gasteiger partial charge >= 0.3 is 0 Å². The molecule has 0 aliphatic rings. The van der Waals surface area contributed by atoms with E-state index >= 15 is 0 Å². The largest absolute Gasteiger partial charge is 0.0654 e. The Kier molecular flexibility index (Phi) is 9.49. The quantitative estimate of drug-likeness (QED) is 0.419. The normalized spacial score (nSPS) is 10.8. The molecule has 0 bridgehead atoms. The van der Waals surface area contributed by atoms with Crippen LogP contribution in [-0.2, 0) is 12.8 Å². The molecular weight excluding hydrogens is 228 g/mol. The highest BCUT2D eigenvalue weighted by atomic mass is 14.0. The zero-order valence-electron chi connectivity index (χ0n) is 12.8. The molecule has 0 N–H and O–H groups in total. The molecule has 0 aliphatic heterocycles. The number of unbranched alkanes of at least 4 members (excludes halogenated alkanes) is 7. The Bertz CT molecular complexity index is 296. The third-order valence-electron chi connectivity index (χ3n) is 3.81. The summed E-state index contributed by atoms with van der Waals surface area (Å²) < 4.78 is 0. The lowest BCUT2D eigenvalue weighted by Crippen LogP contribution is -1.89. The Hall–Kier alpha value is -0.780. The summed E-state index contributed by atoms with van der Waals surface area (Å²) in [6, 6.07) is 9.32. The standard InChI is InChI=1S/C19H31/c1-3-5-7-8-9-11-13-19-16-14-18(15-17-19)12-10-6-4-2/h14-17H,1,3-13H2,2H3. The van der Waals surface area contributed by atoms with Gasteiger partial charge in [-0.05, 0) is 36.8 Å². The molecule has 0 nitrogen and oxygen atoms in total. The average Bonchev–Trinajstić information content (AvgIpc) is 2.44. The van der Waals surface area contributed by atoms with E-state index in [0.29, 0.717) is 0 Å². The maximum absolute atomic E-state index is 3.89. The van der Waals surface area contributed by atoms with Crippen LogP contribution in [0.25, 0.3) is 0 Å². The first-order valence-electron chi connectivity index (χ1n) is 8.24. The molecule has 0 heterocycles. The van der Waals surface area contributed by atoms with E-state index in [2.05, 4.69) is 38.1 Å². The van der Waals surface area contributed by atoms with Crippen LogP contribution in [-0.4, -0.2) is 0 Å². The first-order valence-corrected chi connectivity index (χ1v) is 8.24. The van der Waals surface area contributed by atoms with Crippen LogP contribution >= 0.6 is 0 Å². The molecule has 19 heavy (non-hydrogen) atoms. The molecule has 0 heteroatoms. The van der Waals surface area contributed by atoms with Crippen LogP contribution in [0.5, 0.6) is 0 Å². The monoisotopic (exact) mass is 259 g/mol. The number of aryl methyl sites for hydroxylation is 2. The van der Waals surface area contributed by atoms with E-state index in [0.717, 1.165) is 6.42 Å². The minimum atomic E-state index is 1.10. The minimum Gasteiger partial charge on any atom is -0.0654 e. The average molecular weight is 259 g/mol. The fraction of sp³-hybridized carbons (Fsp3) is 0.632. The zero-order chi connectivity index (χ0) is 13.8. The van der Waals surface area contributed by atoms with E-state index in [1.165, 1.54) is 75.3 Å². The van der Waals surface area contributed by atoms with Crippen molar-refractivity contribution in [3.8, 4) is 0 Å². The molecule has 0 saturated heterocycles. The second kappa shape index (κ2) is 11.1. The molecule has 1 aromatic carbocycles. The summed E-state index contributed by atoms with van der Waals surface area (Å²) in [6.07, 6.45) is 14.4. The van der Waals surface area contributed by atoms with Gasteiger partial charge in [0.05, 0.1) is 0 Å². The molecule has 0 spiro atoms. The number of rotatable bonds is 11. The predicted octanol–water partition coefficient (Wildman–Crippen LogP) is 6.14. The van der Waals surface area contributed by atoms with Crippen LogP contribution in [0.15, 0.2) is 24.3 Å². The van der Waals surface area contributed by atoms with Gasteiger partial charge in [0.1, 0.15) is 0 Å². The summed E-state index contributed by atoms with van der Waals surface area (Å²) in [5.74, 6) is 0. The summed E-state index contributed by atoms with van der Waals surface area (Å²) in [5.41, 5.74) is 3.02. The highest BCUT2D eigenvalue weighted by molar-refractivity contribution is 5.22. The van der Waals surface area contributed by atoms with Crippen molar-refractivity contribution in [3.05, 3.63) is 42.3 Å². The molecule has 107 valence electrons. The zero-order valence-corrected chi connectivity index (χ0v) is 12.8. The van der Waals surface area contributed by atoms with Crippen molar-refractivity contribution in [2.24, 2.45) is 0 Å². The molecule has 0 aromatic heterocycles. The Morgan fingerprint density at radius 2 is 1.16 bits per heavy atom. The molecule has 0 saturated carbocycles. The third-order valence-corrected chi connectivity index (χ3v) is 3.81. The van der Waals surface area contributed by atoms with Crippen molar-refractivity contribution >= 4 is 0 Å². The van der Waals surface area contributed by atoms with Gasteiger partial charge in [0.15, 0.2) is 0 Å². The van der Waals surface area contributed by atoms with E-state index in [1.807, 2.05) is 0 Å². The Morgan fingerprint density at radius 3 is 1.68 bits per heavy atom. The lowest BCUT2D eigenvalue weighted by molar-refractivity contribution is 0.617. The minimum absolute atomic E-state index is 1.10. The first-order chi connectivity index (χ1) is 9.36. The van der Waals surface area contributed by atoms with E-state index < -0.39 is 0 Å². The van der Waals surface area contributed by atoms with Crippen LogP contribution in [0.4, 0.5) is 0 Å². The van der Waals surface area contributed by atoms with Gasteiger partial charge in [0, 0.05) is 0 Å². The smallest absolute Gasteiger partial charge is 0.0279 e. The molecular formula is C19H31. The number of benzene rings is 1. The molecule has 1 rings (SSSR count). The van der Waals surface area contributed by atoms with Crippen molar-refractivity contribution < 1.29 is 0 Å². The second-order valence-corrected chi connectivity index (χ2v) is 5.64. The Morgan fingerprint density at radius 1 is 0.684 bits per heavy atom. The Labute approximate surface area is 120 Å². The molecule has 0 fully saturated rings. The maximum Gasteiger partial charge on any atom is -0.0279 e. The maximum atomic E-state index is 3.89. The summed E-state index contributed by atoms with van der Waals surface area (Å²) in [5, 5.41) is 0. The van der Waals surface area contributed by atoms with Crippen molar-refractivity contribution in [2.75, 3.05) is 0 Å². The molecule has 0 amide bonds. The lowest BCUT2D eigenvalue weighted by Gasteiger charge is -2.04. The highest BCUT2D eigenvalue weighted by Crippen LogP contribution is 2.12. The van der Waals surface area contributed by atoms with Crippen molar-refractivity contribution in [1.82, 2.24) is 0 Å². The highest BCUT2D eigenvalue weighted by Gasteiger charge is 1.96. The molecule has 0 atom stereocenters. The van der Waals surface area contributed by atoms with Crippen LogP contribution in [0, 0.1) is 6.92 Å². The van der Waals surface area contributed by atoms with Crippen LogP contribution in [0.2, 0.25) is 0 Å². The topological polar surface area (TPSA) is 0 Å². The third kappa shape index (κ3) is 8.08. The molecule has 0 aliphatic carbocycles. The van der Waals surface area contributed by atoms with E-state index in [-0.39, 0.29) is 0 Å². The van der Waals surface area contributed by atoms with E-state index in [9.17, 15) is 0 Å². The van der Waals surface area contributed by atoms with Gasteiger partial charge in [0.2, 0.25) is 0 Å². The van der Waals surface area contributed by atoms with Gasteiger partial charge in [-0.3, -0.25) is 0 Å². The van der Waals surface area contributed by atoms with Gasteiger partial charge < -0.3 is 0 Å².